The second-order valence-electron chi connectivity index (χ2n) is 7.19. The van der Waals surface area contributed by atoms with Gasteiger partial charge in [-0.25, -0.2) is 4.79 Å². The van der Waals surface area contributed by atoms with Crippen molar-refractivity contribution in [2.45, 2.75) is 12.1 Å². The highest BCUT2D eigenvalue weighted by Crippen LogP contribution is 2.28. The van der Waals surface area contributed by atoms with Crippen molar-refractivity contribution in [2.24, 2.45) is 5.73 Å². The van der Waals surface area contributed by atoms with Crippen LogP contribution in [0.4, 0.5) is 4.79 Å². The van der Waals surface area contributed by atoms with Crippen LogP contribution in [0.25, 0.3) is 0 Å². The van der Waals surface area contributed by atoms with Crippen LogP contribution in [0.5, 0.6) is 5.75 Å². The average Bonchev–Trinajstić information content (AvgIpc) is 3.21. The number of rotatable bonds is 4. The number of primary amides is 1. The molecule has 9 nitrogen and oxygen atoms in total. The van der Waals surface area contributed by atoms with E-state index in [0.29, 0.717) is 16.9 Å². The number of ether oxygens (including phenoxy) is 1. The molecule has 2 heterocycles. The number of fused-ring (bicyclic) bond motifs is 1. The van der Waals surface area contributed by atoms with E-state index >= 15 is 0 Å². The van der Waals surface area contributed by atoms with Crippen LogP contribution in [0.1, 0.15) is 33.3 Å². The van der Waals surface area contributed by atoms with Crippen LogP contribution in [0.15, 0.2) is 42.5 Å². The van der Waals surface area contributed by atoms with Gasteiger partial charge < -0.3 is 20.7 Å². The first-order chi connectivity index (χ1) is 14.8. The SMILES string of the molecule is COc1ccc2c(c1)C(=O)N(C[C@@]1(C#Cc3cccc(C(N)=O)c3)NC(=O)NC1=O)C2.[HH]. The predicted molar refractivity (Wildman–Crippen MR) is 111 cm³/mol. The third-order valence-corrected chi connectivity index (χ3v) is 5.13. The number of carbonyl (C=O) groups is 4. The van der Waals surface area contributed by atoms with Crippen LogP contribution < -0.4 is 21.1 Å². The quantitative estimate of drug-likeness (QED) is 0.493. The summed E-state index contributed by atoms with van der Waals surface area (Å²) in [6.07, 6.45) is 0. The number of nitrogens with two attached hydrogens (primary N) is 1. The van der Waals surface area contributed by atoms with Gasteiger partial charge in [-0.05, 0) is 35.9 Å². The number of imide groups is 1. The second-order valence-corrected chi connectivity index (χ2v) is 7.19. The molecule has 0 aromatic heterocycles. The molecule has 0 unspecified atom stereocenters. The van der Waals surface area contributed by atoms with Crippen LogP contribution in [0.3, 0.4) is 0 Å². The summed E-state index contributed by atoms with van der Waals surface area (Å²) in [7, 11) is 1.51. The lowest BCUT2D eigenvalue weighted by Gasteiger charge is -2.26. The highest BCUT2D eigenvalue weighted by molar-refractivity contribution is 6.10. The van der Waals surface area contributed by atoms with Crippen molar-refractivity contribution in [2.75, 3.05) is 13.7 Å². The molecule has 0 bridgehead atoms. The van der Waals surface area contributed by atoms with Crippen molar-refractivity contribution in [3.8, 4) is 17.6 Å². The van der Waals surface area contributed by atoms with E-state index in [0.717, 1.165) is 5.56 Å². The molecule has 0 saturated carbocycles. The van der Waals surface area contributed by atoms with Gasteiger partial charge in [0.25, 0.3) is 11.8 Å². The molecule has 9 heteroatoms. The third-order valence-electron chi connectivity index (χ3n) is 5.13. The summed E-state index contributed by atoms with van der Waals surface area (Å²) in [4.78, 5) is 50.3. The Bertz CT molecular complexity index is 1200. The lowest BCUT2D eigenvalue weighted by molar-refractivity contribution is -0.122. The van der Waals surface area contributed by atoms with Gasteiger partial charge in [0, 0.05) is 24.7 Å². The maximum absolute atomic E-state index is 12.9. The molecular weight excluding hydrogens is 400 g/mol. The average molecular weight is 420 g/mol. The first-order valence-corrected chi connectivity index (χ1v) is 9.34. The van der Waals surface area contributed by atoms with Crippen molar-refractivity contribution in [1.29, 1.82) is 0 Å². The first-order valence-electron chi connectivity index (χ1n) is 9.34. The minimum atomic E-state index is -1.64. The Morgan fingerprint density at radius 2 is 2.06 bits per heavy atom. The van der Waals surface area contributed by atoms with Gasteiger partial charge >= 0.3 is 6.03 Å². The van der Waals surface area contributed by atoms with E-state index in [9.17, 15) is 19.2 Å². The number of methoxy groups -OCH3 is 1. The molecule has 1 saturated heterocycles. The van der Waals surface area contributed by atoms with E-state index in [1.165, 1.54) is 18.1 Å². The highest BCUT2D eigenvalue weighted by Gasteiger charge is 2.48. The fourth-order valence-corrected chi connectivity index (χ4v) is 3.54. The summed E-state index contributed by atoms with van der Waals surface area (Å²) in [5.74, 6) is 4.59. The fraction of sp³-hybridized carbons (Fsp3) is 0.182. The molecule has 158 valence electrons. The molecule has 4 rings (SSSR count). The zero-order chi connectivity index (χ0) is 22.2. The van der Waals surface area contributed by atoms with Gasteiger partial charge in [0.1, 0.15) is 5.75 Å². The molecule has 2 aromatic carbocycles. The van der Waals surface area contributed by atoms with Gasteiger partial charge in [0.2, 0.25) is 11.4 Å². The number of nitrogens with zero attached hydrogens (tertiary/aromatic N) is 1. The summed E-state index contributed by atoms with van der Waals surface area (Å²) in [5, 5.41) is 4.72. The minimum absolute atomic E-state index is 0. The van der Waals surface area contributed by atoms with Crippen LogP contribution in [0.2, 0.25) is 0 Å². The fourth-order valence-electron chi connectivity index (χ4n) is 3.54. The third kappa shape index (κ3) is 3.67. The topological polar surface area (TPSA) is 131 Å². The Labute approximate surface area is 179 Å². The largest absolute Gasteiger partial charge is 0.497 e. The number of benzene rings is 2. The lowest BCUT2D eigenvalue weighted by atomic mass is 9.98. The first kappa shape index (κ1) is 20.0. The standard InChI is InChI=1S/C22H18N4O5.H2/c1-31-16-6-5-15-11-26(19(28)17(15)10-16)12-22(20(29)24-21(30)25-22)8-7-13-3-2-4-14(9-13)18(23)27;/h2-6,9-10H,11-12H2,1H3,(H2,23,27)(H2,24,25,29,30);1H/t22-;/m1./s1. The predicted octanol–water partition coefficient (Wildman–Crippen LogP) is 0.626. The molecule has 5 amide bonds. The Hall–Kier alpha value is -4.32. The lowest BCUT2D eigenvalue weighted by Crippen LogP contribution is -2.54. The molecular formula is C22H20N4O5. The summed E-state index contributed by atoms with van der Waals surface area (Å²) in [6, 6.07) is 10.8. The molecule has 0 aliphatic carbocycles. The van der Waals surface area contributed by atoms with Crippen molar-refractivity contribution < 1.29 is 25.3 Å². The highest BCUT2D eigenvalue weighted by atomic mass is 16.5. The summed E-state index contributed by atoms with van der Waals surface area (Å²) < 4.78 is 5.17. The molecule has 1 atom stereocenters. The van der Waals surface area contributed by atoms with E-state index < -0.39 is 23.4 Å². The molecule has 2 aliphatic rings. The zero-order valence-corrected chi connectivity index (χ0v) is 16.5. The smallest absolute Gasteiger partial charge is 0.323 e. The van der Waals surface area contributed by atoms with Crippen molar-refractivity contribution in [1.82, 2.24) is 15.5 Å². The van der Waals surface area contributed by atoms with E-state index in [4.69, 9.17) is 10.5 Å². The Morgan fingerprint density at radius 3 is 2.74 bits per heavy atom. The van der Waals surface area contributed by atoms with Gasteiger partial charge in [0.05, 0.1) is 13.7 Å². The monoisotopic (exact) mass is 420 g/mol. The van der Waals surface area contributed by atoms with Crippen LogP contribution in [-0.4, -0.2) is 47.8 Å². The summed E-state index contributed by atoms with van der Waals surface area (Å²) in [6.45, 7) is 0.116. The number of carbonyl (C=O) groups excluding carboxylic acids is 4. The van der Waals surface area contributed by atoms with Crippen molar-refractivity contribution >= 4 is 23.8 Å². The van der Waals surface area contributed by atoms with Gasteiger partial charge in [0.15, 0.2) is 0 Å². The van der Waals surface area contributed by atoms with E-state index in [2.05, 4.69) is 22.5 Å². The van der Waals surface area contributed by atoms with Crippen molar-refractivity contribution in [3.05, 3.63) is 64.7 Å². The molecule has 0 radical (unpaired) electrons. The maximum atomic E-state index is 12.9. The van der Waals surface area contributed by atoms with Gasteiger partial charge in [-0.1, -0.05) is 24.0 Å². The van der Waals surface area contributed by atoms with Crippen LogP contribution in [-0.2, 0) is 11.3 Å². The van der Waals surface area contributed by atoms with Crippen LogP contribution >= 0.6 is 0 Å². The van der Waals surface area contributed by atoms with E-state index in [1.54, 1.807) is 36.4 Å². The van der Waals surface area contributed by atoms with E-state index in [1.807, 2.05) is 0 Å². The number of hydrogen-bond donors (Lipinski definition) is 3. The Kier molecular flexibility index (Phi) is 4.83. The molecule has 31 heavy (non-hydrogen) atoms. The molecule has 4 N–H and O–H groups in total. The molecule has 2 aromatic rings. The summed E-state index contributed by atoms with van der Waals surface area (Å²) in [5.41, 5.74) is 5.61. The van der Waals surface area contributed by atoms with Gasteiger partial charge in [-0.15, -0.1) is 0 Å². The summed E-state index contributed by atoms with van der Waals surface area (Å²) >= 11 is 0. The molecule has 0 spiro atoms. The van der Waals surface area contributed by atoms with Crippen molar-refractivity contribution in [3.63, 3.8) is 0 Å². The minimum Gasteiger partial charge on any atom is -0.497 e. The molecule has 1 fully saturated rings. The number of urea groups is 1. The Balaban J connectivity index is 0.00000289. The number of nitrogens with one attached hydrogen (secondary N) is 2. The normalized spacial score (nSPS) is 19.3. The number of hydrogen-bond acceptors (Lipinski definition) is 5. The Morgan fingerprint density at radius 1 is 1.26 bits per heavy atom. The number of amides is 5. The van der Waals surface area contributed by atoms with Gasteiger partial charge in [-0.3, -0.25) is 19.7 Å². The van der Waals surface area contributed by atoms with E-state index in [-0.39, 0.29) is 26.0 Å². The maximum Gasteiger partial charge on any atom is 0.323 e. The zero-order valence-electron chi connectivity index (χ0n) is 16.5. The van der Waals surface area contributed by atoms with Crippen LogP contribution in [0, 0.1) is 11.8 Å². The molecule has 2 aliphatic heterocycles. The second kappa shape index (κ2) is 7.50. The van der Waals surface area contributed by atoms with Gasteiger partial charge in [-0.2, -0.15) is 0 Å².